The lowest BCUT2D eigenvalue weighted by atomic mass is 10.0. The highest BCUT2D eigenvalue weighted by Crippen LogP contribution is 2.46. The molecule has 0 bridgehead atoms. The molecule has 1 saturated carbocycles. The summed E-state index contributed by atoms with van der Waals surface area (Å²) in [5, 5.41) is 25.4. The van der Waals surface area contributed by atoms with Crippen molar-refractivity contribution in [3.05, 3.63) is 94.8 Å². The molecule has 306 valence electrons. The van der Waals surface area contributed by atoms with Crippen LogP contribution in [-0.2, 0) is 44.6 Å². The number of carboxylic acids is 1. The fraction of sp³-hybridized carbons (Fsp3) is 0.405. The van der Waals surface area contributed by atoms with Crippen LogP contribution in [0, 0.1) is 5.82 Å². The van der Waals surface area contributed by atoms with Crippen LogP contribution in [0.4, 0.5) is 10.1 Å². The summed E-state index contributed by atoms with van der Waals surface area (Å²) in [6, 6.07) is 16.4. The Morgan fingerprint density at radius 1 is 0.772 bits per heavy atom. The van der Waals surface area contributed by atoms with Gasteiger partial charge in [0.15, 0.2) is 0 Å². The molecule has 0 atom stereocenters. The van der Waals surface area contributed by atoms with Gasteiger partial charge in [0.1, 0.15) is 22.9 Å². The van der Waals surface area contributed by atoms with E-state index in [0.29, 0.717) is 126 Å². The molecule has 5 rings (SSSR count). The Kier molecular flexibility index (Phi) is 17.0. The second-order valence-electron chi connectivity index (χ2n) is 13.0. The number of anilines is 1. The number of carbonyl (C=O) groups excluding carboxylic acids is 2. The van der Waals surface area contributed by atoms with Gasteiger partial charge in [-0.1, -0.05) is 24.3 Å². The molecule has 1 heterocycles. The first-order valence-corrected chi connectivity index (χ1v) is 18.8. The fourth-order valence-electron chi connectivity index (χ4n) is 5.79. The summed E-state index contributed by atoms with van der Waals surface area (Å²) >= 11 is 0. The molecule has 1 fully saturated rings. The van der Waals surface area contributed by atoms with E-state index in [1.54, 1.807) is 43.4 Å². The van der Waals surface area contributed by atoms with Crippen molar-refractivity contribution in [2.24, 2.45) is 0 Å². The van der Waals surface area contributed by atoms with Crippen LogP contribution in [-0.4, -0.2) is 114 Å². The van der Waals surface area contributed by atoms with Gasteiger partial charge in [-0.25, -0.2) is 9.18 Å². The molecule has 0 spiro atoms. The first-order chi connectivity index (χ1) is 27.7. The average molecular weight is 793 g/mol. The Morgan fingerprint density at radius 2 is 1.33 bits per heavy atom. The van der Waals surface area contributed by atoms with Gasteiger partial charge >= 0.3 is 5.97 Å². The smallest absolute Gasteiger partial charge is 0.376 e. The number of nitrogens with one attached hydrogen (secondary N) is 2. The van der Waals surface area contributed by atoms with Crippen LogP contribution in [0.3, 0.4) is 0 Å². The summed E-state index contributed by atoms with van der Waals surface area (Å²) in [7, 11) is 1.58. The topological polar surface area (TPSA) is 184 Å². The minimum absolute atomic E-state index is 0.261. The second-order valence-corrected chi connectivity index (χ2v) is 13.0. The van der Waals surface area contributed by atoms with Gasteiger partial charge in [-0.2, -0.15) is 0 Å². The third-order valence-corrected chi connectivity index (χ3v) is 8.86. The van der Waals surface area contributed by atoms with Crippen molar-refractivity contribution in [3.8, 4) is 11.3 Å². The van der Waals surface area contributed by atoms with Crippen LogP contribution in [0.1, 0.15) is 45.8 Å². The fourth-order valence-corrected chi connectivity index (χ4v) is 5.79. The van der Waals surface area contributed by atoms with Gasteiger partial charge in [0.05, 0.1) is 84.8 Å². The first kappa shape index (κ1) is 43.0. The van der Waals surface area contributed by atoms with E-state index >= 15 is 0 Å². The maximum atomic E-state index is 13.6. The molecule has 3 aromatic carbocycles. The Morgan fingerprint density at radius 3 is 1.88 bits per heavy atom. The molecule has 4 N–H and O–H groups in total. The molecule has 0 unspecified atom stereocenters. The van der Waals surface area contributed by atoms with E-state index in [1.165, 1.54) is 12.1 Å². The Hall–Kier alpha value is -5.16. The molecule has 0 radical (unpaired) electrons. The number of aliphatic hydroxyl groups is 1. The molecule has 14 nitrogen and oxygen atoms in total. The number of furan rings is 1. The van der Waals surface area contributed by atoms with Gasteiger partial charge in [0, 0.05) is 47.9 Å². The Balaban J connectivity index is 0.860. The van der Waals surface area contributed by atoms with E-state index in [1.807, 2.05) is 12.1 Å². The predicted molar refractivity (Wildman–Crippen MR) is 209 cm³/mol. The maximum absolute atomic E-state index is 13.6. The summed E-state index contributed by atoms with van der Waals surface area (Å²) < 4.78 is 53.3. The van der Waals surface area contributed by atoms with Crippen LogP contribution in [0.25, 0.3) is 28.1 Å². The molecular formula is C42H49FN2O12. The van der Waals surface area contributed by atoms with E-state index in [9.17, 15) is 23.9 Å². The number of aliphatic hydroxyl groups excluding tert-OH is 1. The molecule has 15 heteroatoms. The van der Waals surface area contributed by atoms with Crippen LogP contribution >= 0.6 is 0 Å². The zero-order valence-electron chi connectivity index (χ0n) is 31.9. The van der Waals surface area contributed by atoms with E-state index in [-0.39, 0.29) is 11.7 Å². The molecule has 1 aliphatic rings. The van der Waals surface area contributed by atoms with Crippen molar-refractivity contribution in [2.45, 2.75) is 25.4 Å². The van der Waals surface area contributed by atoms with Crippen LogP contribution in [0.5, 0.6) is 0 Å². The lowest BCUT2D eigenvalue weighted by Crippen LogP contribution is -2.18. The number of ketones is 1. The minimum Gasteiger partial charge on any atom is -0.507 e. The summed E-state index contributed by atoms with van der Waals surface area (Å²) in [6.45, 7) is 5.61. The summed E-state index contributed by atoms with van der Waals surface area (Å²) in [5.41, 5.74) is 4.89. The number of ether oxygens (including phenoxy) is 6. The molecule has 57 heavy (non-hydrogen) atoms. The maximum Gasteiger partial charge on any atom is 0.376 e. The number of carboxylic acid groups (broad SMARTS) is 1. The highest BCUT2D eigenvalue weighted by atomic mass is 19.1. The monoisotopic (exact) mass is 792 g/mol. The molecular weight excluding hydrogens is 743 g/mol. The summed E-state index contributed by atoms with van der Waals surface area (Å²) in [5.74, 6) is -3.06. The van der Waals surface area contributed by atoms with Crippen LogP contribution in [0.2, 0.25) is 0 Å². The number of fused-ring (bicyclic) bond motifs is 1. The van der Waals surface area contributed by atoms with Crippen molar-refractivity contribution in [3.63, 3.8) is 0 Å². The third-order valence-electron chi connectivity index (χ3n) is 8.86. The van der Waals surface area contributed by atoms with Crippen LogP contribution in [0.15, 0.2) is 71.2 Å². The third kappa shape index (κ3) is 13.5. The van der Waals surface area contributed by atoms with Gasteiger partial charge in [-0.05, 0) is 60.2 Å². The standard InChI is InChI=1S/C42H49FN2O12/c1-44-41(48)39-34-24-33(29-6-7-29)35(25-38(34)57-40(39)31-8-10-32(43)11-9-31)45-12-13-51-14-15-52-16-17-53-18-19-54-20-21-55-22-23-56-27-28-2-4-30(5-3-28)36(46)26-37(47)42(49)50/h2-5,8-11,24-26,29,45-46H,6-7,12-23,27H2,1H3,(H,44,48)(H,49,50). The number of aliphatic carboxylic acids is 1. The normalized spacial score (nSPS) is 12.9. The van der Waals surface area contributed by atoms with E-state index in [2.05, 4.69) is 10.6 Å². The van der Waals surface area contributed by atoms with Gasteiger partial charge in [0.25, 0.3) is 11.7 Å². The van der Waals surface area contributed by atoms with Gasteiger partial charge in [0.2, 0.25) is 0 Å². The molecule has 1 aliphatic carbocycles. The summed E-state index contributed by atoms with van der Waals surface area (Å²) in [4.78, 5) is 34.7. The SMILES string of the molecule is CNC(=O)c1c(-c2ccc(F)cc2)oc2cc(NCCOCCOCCOCCOCCOCCOCc3ccc(C(O)=CC(=O)C(=O)O)cc3)c(C3CC3)cc12. The van der Waals surface area contributed by atoms with Gasteiger partial charge in [-0.15, -0.1) is 0 Å². The number of hydrogen-bond donors (Lipinski definition) is 4. The van der Waals surface area contributed by atoms with Crippen molar-refractivity contribution in [1.29, 1.82) is 0 Å². The van der Waals surface area contributed by atoms with Crippen LogP contribution < -0.4 is 10.6 Å². The van der Waals surface area contributed by atoms with Gasteiger partial charge < -0.3 is 53.7 Å². The van der Waals surface area contributed by atoms with E-state index in [0.717, 1.165) is 35.0 Å². The Labute approximate surface area is 329 Å². The quantitative estimate of drug-likeness (QED) is 0.0248. The molecule has 4 aromatic rings. The lowest BCUT2D eigenvalue weighted by molar-refractivity contribution is -0.146. The number of hydrogen-bond acceptors (Lipinski definition) is 12. The minimum atomic E-state index is -1.64. The predicted octanol–water partition coefficient (Wildman–Crippen LogP) is 5.74. The number of amides is 1. The second kappa shape index (κ2) is 22.5. The number of halogens is 1. The number of rotatable bonds is 27. The highest BCUT2D eigenvalue weighted by Gasteiger charge is 2.29. The summed E-state index contributed by atoms with van der Waals surface area (Å²) in [6.07, 6.45) is 2.83. The van der Waals surface area contributed by atoms with Crippen molar-refractivity contribution in [2.75, 3.05) is 91.6 Å². The van der Waals surface area contributed by atoms with E-state index in [4.69, 9.17) is 37.9 Å². The lowest BCUT2D eigenvalue weighted by Gasteiger charge is -2.13. The van der Waals surface area contributed by atoms with Crippen molar-refractivity contribution >= 4 is 40.1 Å². The highest BCUT2D eigenvalue weighted by molar-refractivity contribution is 6.38. The molecule has 0 saturated heterocycles. The first-order valence-electron chi connectivity index (χ1n) is 18.8. The number of benzene rings is 3. The Bertz CT molecular complexity index is 1940. The molecule has 1 amide bonds. The zero-order chi connectivity index (χ0) is 40.4. The average Bonchev–Trinajstić information content (AvgIpc) is 4.00. The largest absolute Gasteiger partial charge is 0.507 e. The van der Waals surface area contributed by atoms with E-state index < -0.39 is 17.5 Å². The number of carbonyl (C=O) groups is 3. The molecule has 0 aliphatic heterocycles. The van der Waals surface area contributed by atoms with Gasteiger partial charge in [-0.3, -0.25) is 9.59 Å². The van der Waals surface area contributed by atoms with Crippen molar-refractivity contribution < 1.29 is 61.8 Å². The zero-order valence-corrected chi connectivity index (χ0v) is 31.9. The molecule has 1 aromatic heterocycles. The van der Waals surface area contributed by atoms with Crippen molar-refractivity contribution in [1.82, 2.24) is 5.32 Å².